The third kappa shape index (κ3) is 2.81. The van der Waals surface area contributed by atoms with Gasteiger partial charge in [0.05, 0.1) is 11.7 Å². The van der Waals surface area contributed by atoms with Crippen LogP contribution in [0.1, 0.15) is 98.3 Å². The second-order valence-electron chi connectivity index (χ2n) is 12.9. The highest BCUT2D eigenvalue weighted by molar-refractivity contribution is 5.29. The molecule has 168 valence electrons. The summed E-state index contributed by atoms with van der Waals surface area (Å²) in [4.78, 5) is 0. The first-order valence-electron chi connectivity index (χ1n) is 13.5. The number of rotatable bonds is 0. The highest BCUT2D eigenvalue weighted by Gasteiger charge is 2.58. The summed E-state index contributed by atoms with van der Waals surface area (Å²) >= 11 is 0. The van der Waals surface area contributed by atoms with Gasteiger partial charge in [0.2, 0.25) is 0 Å². The summed E-state index contributed by atoms with van der Waals surface area (Å²) in [6.07, 6.45) is 16.1. The number of allylic oxidation sites excluding steroid dienone is 1. The van der Waals surface area contributed by atoms with Crippen molar-refractivity contribution in [3.8, 4) is 0 Å². The molecule has 0 bridgehead atoms. The van der Waals surface area contributed by atoms with Gasteiger partial charge >= 0.3 is 0 Å². The first-order chi connectivity index (χ1) is 14.4. The summed E-state index contributed by atoms with van der Waals surface area (Å²) in [6.45, 7) is 11.3. The van der Waals surface area contributed by atoms with E-state index in [9.17, 15) is 0 Å². The maximum atomic E-state index is 7.04. The summed E-state index contributed by atoms with van der Waals surface area (Å²) in [5, 5.41) is 3.88. The van der Waals surface area contributed by atoms with Crippen molar-refractivity contribution in [3.63, 3.8) is 0 Å². The molecule has 1 N–H and O–H groups in total. The van der Waals surface area contributed by atoms with Crippen molar-refractivity contribution in [2.75, 3.05) is 6.54 Å². The molecule has 1 spiro atoms. The Bertz CT molecular complexity index is 728. The fourth-order valence-electron chi connectivity index (χ4n) is 9.86. The van der Waals surface area contributed by atoms with Crippen LogP contribution in [0.5, 0.6) is 0 Å². The lowest BCUT2D eigenvalue weighted by atomic mass is 9.52. The molecule has 0 amide bonds. The summed E-state index contributed by atoms with van der Waals surface area (Å²) in [5.41, 5.74) is 4.39. The van der Waals surface area contributed by atoms with Crippen LogP contribution in [0, 0.1) is 40.9 Å². The molecule has 2 aliphatic heterocycles. The van der Waals surface area contributed by atoms with Gasteiger partial charge in [0.25, 0.3) is 0 Å². The Hall–Kier alpha value is -0.340. The molecule has 0 aromatic rings. The first kappa shape index (κ1) is 20.3. The lowest BCUT2D eigenvalue weighted by molar-refractivity contribution is -0.0742. The highest BCUT2D eigenvalue weighted by atomic mass is 16.5. The second-order valence-corrected chi connectivity index (χ2v) is 12.9. The van der Waals surface area contributed by atoms with E-state index in [-0.39, 0.29) is 5.60 Å². The SMILES string of the molecule is CC1=C2C[C@H]3[C@@H](CCC4CCCCC43C)[C@@H]2CCC2(C1)O[C@@H]1C[C@H](C)CNC1[C@H]2C. The van der Waals surface area contributed by atoms with Gasteiger partial charge in [-0.15, -0.1) is 0 Å². The molecule has 2 saturated heterocycles. The van der Waals surface area contributed by atoms with Crippen LogP contribution in [0.3, 0.4) is 0 Å². The van der Waals surface area contributed by atoms with Crippen LogP contribution in [0.15, 0.2) is 11.1 Å². The summed E-state index contributed by atoms with van der Waals surface area (Å²) in [6, 6.07) is 0.585. The molecular formula is C28H45NO. The van der Waals surface area contributed by atoms with Gasteiger partial charge in [-0.1, -0.05) is 44.8 Å². The van der Waals surface area contributed by atoms with Crippen LogP contribution in [0.25, 0.3) is 0 Å². The molecule has 4 aliphatic carbocycles. The van der Waals surface area contributed by atoms with Crippen molar-refractivity contribution in [2.45, 2.75) is 116 Å². The van der Waals surface area contributed by atoms with Crippen LogP contribution in [0.4, 0.5) is 0 Å². The van der Waals surface area contributed by atoms with Gasteiger partial charge in [-0.05, 0) is 106 Å². The van der Waals surface area contributed by atoms with E-state index >= 15 is 0 Å². The van der Waals surface area contributed by atoms with Crippen LogP contribution in [-0.2, 0) is 4.74 Å². The van der Waals surface area contributed by atoms with E-state index in [1.54, 1.807) is 5.57 Å². The quantitative estimate of drug-likeness (QED) is 0.459. The number of hydrogen-bond acceptors (Lipinski definition) is 2. The number of ether oxygens (including phenoxy) is 1. The van der Waals surface area contributed by atoms with Crippen molar-refractivity contribution in [2.24, 2.45) is 40.9 Å². The Labute approximate surface area is 185 Å². The van der Waals surface area contributed by atoms with Crippen LogP contribution in [0.2, 0.25) is 0 Å². The monoisotopic (exact) mass is 411 g/mol. The molecular weight excluding hydrogens is 366 g/mol. The van der Waals surface area contributed by atoms with E-state index in [0.717, 1.165) is 29.6 Å². The zero-order valence-electron chi connectivity index (χ0n) is 20.0. The molecule has 10 atom stereocenters. The van der Waals surface area contributed by atoms with Gasteiger partial charge in [0, 0.05) is 12.0 Å². The molecule has 2 heterocycles. The maximum absolute atomic E-state index is 7.04. The molecule has 6 aliphatic rings. The number of fused-ring (bicyclic) bond motifs is 6. The van der Waals surface area contributed by atoms with Gasteiger partial charge < -0.3 is 10.1 Å². The average Bonchev–Trinajstić information content (AvgIpc) is 3.18. The Morgan fingerprint density at radius 2 is 1.90 bits per heavy atom. The van der Waals surface area contributed by atoms with Crippen LogP contribution in [-0.4, -0.2) is 24.3 Å². The largest absolute Gasteiger partial charge is 0.369 e. The number of hydrogen-bond donors (Lipinski definition) is 1. The minimum atomic E-state index is 0.106. The van der Waals surface area contributed by atoms with Crippen molar-refractivity contribution in [1.82, 2.24) is 5.32 Å². The van der Waals surface area contributed by atoms with E-state index < -0.39 is 0 Å². The lowest BCUT2D eigenvalue weighted by Gasteiger charge is -2.52. The Balaban J connectivity index is 1.28. The predicted octanol–water partition coefficient (Wildman–Crippen LogP) is 6.50. The molecule has 5 fully saturated rings. The summed E-state index contributed by atoms with van der Waals surface area (Å²) in [7, 11) is 0. The van der Waals surface area contributed by atoms with Gasteiger partial charge in [-0.2, -0.15) is 0 Å². The normalized spacial score (nSPS) is 55.6. The van der Waals surface area contributed by atoms with E-state index in [1.165, 1.54) is 77.2 Å². The molecule has 0 aromatic carbocycles. The fraction of sp³-hybridized carbons (Fsp3) is 0.929. The van der Waals surface area contributed by atoms with Crippen molar-refractivity contribution in [1.29, 1.82) is 0 Å². The Morgan fingerprint density at radius 3 is 2.77 bits per heavy atom. The second kappa shape index (κ2) is 7.08. The molecule has 0 aromatic heterocycles. The lowest BCUT2D eigenvalue weighted by Crippen LogP contribution is -2.48. The van der Waals surface area contributed by atoms with Crippen LogP contribution < -0.4 is 5.32 Å². The maximum Gasteiger partial charge on any atom is 0.0765 e. The van der Waals surface area contributed by atoms with Gasteiger partial charge in [-0.25, -0.2) is 0 Å². The van der Waals surface area contributed by atoms with Crippen LogP contribution >= 0.6 is 0 Å². The summed E-state index contributed by atoms with van der Waals surface area (Å²) < 4.78 is 7.04. The molecule has 2 nitrogen and oxygen atoms in total. The molecule has 30 heavy (non-hydrogen) atoms. The number of piperidine rings is 1. The standard InChI is InChI=1S/C28H45NO/c1-17-13-25-26(29-16-17)19(3)28(30-25)12-10-21-22-9-8-20-7-5-6-11-27(20,4)24(22)14-23(21)18(2)15-28/h17,19-22,24-26,29H,5-16H2,1-4H3/t17-,19+,20?,21-,22-,24-,25+,26?,27?,28?/m0/s1. The molecule has 4 unspecified atom stereocenters. The highest BCUT2D eigenvalue weighted by Crippen LogP contribution is 2.65. The zero-order valence-corrected chi connectivity index (χ0v) is 20.0. The third-order valence-electron chi connectivity index (χ3n) is 11.6. The third-order valence-corrected chi connectivity index (χ3v) is 11.6. The topological polar surface area (TPSA) is 21.3 Å². The van der Waals surface area contributed by atoms with E-state index in [2.05, 4.69) is 33.0 Å². The molecule has 6 rings (SSSR count). The van der Waals surface area contributed by atoms with Gasteiger partial charge in [0.1, 0.15) is 0 Å². The Morgan fingerprint density at radius 1 is 1.03 bits per heavy atom. The van der Waals surface area contributed by atoms with Crippen molar-refractivity contribution in [3.05, 3.63) is 11.1 Å². The van der Waals surface area contributed by atoms with Gasteiger partial charge in [-0.3, -0.25) is 0 Å². The Kier molecular flexibility index (Phi) is 4.78. The van der Waals surface area contributed by atoms with Crippen molar-refractivity contribution >= 4 is 0 Å². The van der Waals surface area contributed by atoms with E-state index in [0.29, 0.717) is 23.5 Å². The minimum Gasteiger partial charge on any atom is -0.369 e. The van der Waals surface area contributed by atoms with E-state index in [4.69, 9.17) is 4.74 Å². The fourth-order valence-corrected chi connectivity index (χ4v) is 9.86. The molecule has 2 heteroatoms. The smallest absolute Gasteiger partial charge is 0.0765 e. The van der Waals surface area contributed by atoms with E-state index in [1.807, 2.05) is 5.57 Å². The minimum absolute atomic E-state index is 0.106. The van der Waals surface area contributed by atoms with Crippen molar-refractivity contribution < 1.29 is 4.74 Å². The summed E-state index contributed by atoms with van der Waals surface area (Å²) in [5.74, 6) is 5.25. The predicted molar refractivity (Wildman–Crippen MR) is 123 cm³/mol. The first-order valence-corrected chi connectivity index (χ1v) is 13.5. The average molecular weight is 412 g/mol. The van der Waals surface area contributed by atoms with Gasteiger partial charge in [0.15, 0.2) is 0 Å². The zero-order chi connectivity index (χ0) is 20.7. The molecule has 3 saturated carbocycles. The molecule has 0 radical (unpaired) electrons. The number of nitrogens with one attached hydrogen (secondary N) is 1.